The lowest BCUT2D eigenvalue weighted by Crippen LogP contribution is -2.40. The molecule has 0 unspecified atom stereocenters. The number of amides is 1. The highest BCUT2D eigenvalue weighted by molar-refractivity contribution is 7.92. The van der Waals surface area contributed by atoms with Crippen LogP contribution in [0.1, 0.15) is 31.1 Å². The average Bonchev–Trinajstić information content (AvgIpc) is 2.48. The van der Waals surface area contributed by atoms with Gasteiger partial charge in [-0.3, -0.25) is 9.52 Å². The van der Waals surface area contributed by atoms with Gasteiger partial charge in [-0.2, -0.15) is 0 Å². The normalized spacial score (nSPS) is 11.9. The molecule has 0 saturated carbocycles. The Kier molecular flexibility index (Phi) is 5.12. The standard InChI is InChI=1S/C17H18F2N2O3S/c1-17(2,3)20-16(22)11-4-7-13(8-5-11)25(23,24)21-15-9-6-12(18)10-14(15)19/h4-10,21H,1-3H3,(H,20,22). The van der Waals surface area contributed by atoms with Crippen molar-refractivity contribution < 1.29 is 22.0 Å². The second-order valence-corrected chi connectivity index (χ2v) is 8.14. The molecule has 0 saturated heterocycles. The van der Waals surface area contributed by atoms with Crippen LogP contribution in [0.3, 0.4) is 0 Å². The number of sulfonamides is 1. The van der Waals surface area contributed by atoms with Crippen LogP contribution in [0.4, 0.5) is 14.5 Å². The second-order valence-electron chi connectivity index (χ2n) is 6.46. The van der Waals surface area contributed by atoms with Crippen molar-refractivity contribution in [3.63, 3.8) is 0 Å². The summed E-state index contributed by atoms with van der Waals surface area (Å²) in [7, 11) is -4.07. The fraction of sp³-hybridized carbons (Fsp3) is 0.235. The first-order valence-corrected chi connectivity index (χ1v) is 8.87. The topological polar surface area (TPSA) is 75.3 Å². The van der Waals surface area contributed by atoms with Crippen LogP contribution in [0, 0.1) is 11.6 Å². The van der Waals surface area contributed by atoms with Gasteiger partial charge in [-0.15, -0.1) is 0 Å². The van der Waals surface area contributed by atoms with Crippen LogP contribution >= 0.6 is 0 Å². The third kappa shape index (κ3) is 4.99. The Morgan fingerprint density at radius 3 is 2.12 bits per heavy atom. The molecule has 0 heterocycles. The fourth-order valence-corrected chi connectivity index (χ4v) is 3.04. The molecular weight excluding hydrogens is 350 g/mol. The Morgan fingerprint density at radius 2 is 1.60 bits per heavy atom. The molecule has 134 valence electrons. The van der Waals surface area contributed by atoms with Crippen molar-refractivity contribution in [3.05, 3.63) is 59.7 Å². The number of halogens is 2. The van der Waals surface area contributed by atoms with E-state index in [0.717, 1.165) is 12.1 Å². The van der Waals surface area contributed by atoms with Crippen molar-refractivity contribution >= 4 is 21.6 Å². The van der Waals surface area contributed by atoms with Gasteiger partial charge in [-0.1, -0.05) is 0 Å². The SMILES string of the molecule is CC(C)(C)NC(=O)c1ccc(S(=O)(=O)Nc2ccc(F)cc2F)cc1. The van der Waals surface area contributed by atoms with Gasteiger partial charge in [0, 0.05) is 17.2 Å². The Hall–Kier alpha value is -2.48. The fourth-order valence-electron chi connectivity index (χ4n) is 1.97. The van der Waals surface area contributed by atoms with E-state index in [1.54, 1.807) is 0 Å². The third-order valence-electron chi connectivity index (χ3n) is 3.09. The smallest absolute Gasteiger partial charge is 0.261 e. The summed E-state index contributed by atoms with van der Waals surface area (Å²) >= 11 is 0. The first-order valence-electron chi connectivity index (χ1n) is 7.38. The van der Waals surface area contributed by atoms with E-state index >= 15 is 0 Å². The maximum Gasteiger partial charge on any atom is 0.261 e. The van der Waals surface area contributed by atoms with E-state index in [2.05, 4.69) is 5.32 Å². The minimum absolute atomic E-state index is 0.150. The molecule has 2 N–H and O–H groups in total. The summed E-state index contributed by atoms with van der Waals surface area (Å²) in [6.45, 7) is 5.47. The number of rotatable bonds is 4. The number of carbonyl (C=O) groups is 1. The largest absolute Gasteiger partial charge is 0.347 e. The van der Waals surface area contributed by atoms with E-state index in [-0.39, 0.29) is 16.5 Å². The summed E-state index contributed by atoms with van der Waals surface area (Å²) in [5.41, 5.74) is -0.499. The van der Waals surface area contributed by atoms with Crippen molar-refractivity contribution in [2.24, 2.45) is 0 Å². The van der Waals surface area contributed by atoms with E-state index in [1.165, 1.54) is 24.3 Å². The van der Waals surface area contributed by atoms with Crippen LogP contribution in [-0.4, -0.2) is 19.9 Å². The predicted molar refractivity (Wildman–Crippen MR) is 90.8 cm³/mol. The molecule has 0 aromatic heterocycles. The zero-order valence-corrected chi connectivity index (χ0v) is 14.7. The highest BCUT2D eigenvalue weighted by Gasteiger charge is 2.19. The molecular formula is C17H18F2N2O3S. The van der Waals surface area contributed by atoms with Crippen molar-refractivity contribution in [3.8, 4) is 0 Å². The number of hydrogen-bond acceptors (Lipinski definition) is 3. The number of hydrogen-bond donors (Lipinski definition) is 2. The molecule has 0 bridgehead atoms. The van der Waals surface area contributed by atoms with Crippen molar-refractivity contribution in [2.75, 3.05) is 4.72 Å². The summed E-state index contributed by atoms with van der Waals surface area (Å²) in [6, 6.07) is 7.71. The van der Waals surface area contributed by atoms with E-state index in [9.17, 15) is 22.0 Å². The number of anilines is 1. The van der Waals surface area contributed by atoms with Gasteiger partial charge < -0.3 is 5.32 Å². The average molecular weight is 368 g/mol. The highest BCUT2D eigenvalue weighted by Crippen LogP contribution is 2.20. The Bertz CT molecular complexity index is 889. The summed E-state index contributed by atoms with van der Waals surface area (Å²) in [6.07, 6.45) is 0. The Labute approximate surface area is 145 Å². The maximum atomic E-state index is 13.6. The van der Waals surface area contributed by atoms with E-state index < -0.39 is 27.2 Å². The van der Waals surface area contributed by atoms with Gasteiger partial charge in [0.25, 0.3) is 15.9 Å². The number of nitrogens with one attached hydrogen (secondary N) is 2. The molecule has 0 radical (unpaired) electrons. The van der Waals surface area contributed by atoms with Gasteiger partial charge >= 0.3 is 0 Å². The number of carbonyl (C=O) groups excluding carboxylic acids is 1. The Balaban J connectivity index is 2.21. The highest BCUT2D eigenvalue weighted by atomic mass is 32.2. The molecule has 0 fully saturated rings. The zero-order valence-electron chi connectivity index (χ0n) is 13.9. The van der Waals surface area contributed by atoms with Crippen LogP contribution in [-0.2, 0) is 10.0 Å². The summed E-state index contributed by atoms with van der Waals surface area (Å²) in [5, 5.41) is 2.76. The number of benzene rings is 2. The van der Waals surface area contributed by atoms with Crippen LogP contribution in [0.5, 0.6) is 0 Å². The van der Waals surface area contributed by atoms with Crippen LogP contribution < -0.4 is 10.0 Å². The molecule has 5 nitrogen and oxygen atoms in total. The van der Waals surface area contributed by atoms with Gasteiger partial charge in [0.2, 0.25) is 0 Å². The summed E-state index contributed by atoms with van der Waals surface area (Å²) < 4.78 is 53.1. The van der Waals surface area contributed by atoms with Gasteiger partial charge in [0.05, 0.1) is 10.6 Å². The van der Waals surface area contributed by atoms with E-state index in [4.69, 9.17) is 0 Å². The third-order valence-corrected chi connectivity index (χ3v) is 4.47. The molecule has 2 aromatic rings. The van der Waals surface area contributed by atoms with Gasteiger partial charge in [0.15, 0.2) is 0 Å². The quantitative estimate of drug-likeness (QED) is 0.870. The van der Waals surface area contributed by atoms with Crippen molar-refractivity contribution in [1.29, 1.82) is 0 Å². The van der Waals surface area contributed by atoms with E-state index in [1.807, 2.05) is 25.5 Å². The van der Waals surface area contributed by atoms with Crippen molar-refractivity contribution in [1.82, 2.24) is 5.32 Å². The Morgan fingerprint density at radius 1 is 1.00 bits per heavy atom. The molecule has 8 heteroatoms. The maximum absolute atomic E-state index is 13.6. The van der Waals surface area contributed by atoms with Crippen LogP contribution in [0.2, 0.25) is 0 Å². The predicted octanol–water partition coefficient (Wildman–Crippen LogP) is 3.29. The molecule has 0 aliphatic heterocycles. The lowest BCUT2D eigenvalue weighted by atomic mass is 10.1. The molecule has 0 aliphatic carbocycles. The second kappa shape index (κ2) is 6.79. The van der Waals surface area contributed by atoms with Gasteiger partial charge in [-0.25, -0.2) is 17.2 Å². The first-order chi connectivity index (χ1) is 11.5. The minimum Gasteiger partial charge on any atom is -0.347 e. The summed E-state index contributed by atoms with van der Waals surface area (Å²) in [4.78, 5) is 11.9. The molecule has 0 atom stereocenters. The molecule has 0 spiro atoms. The zero-order chi connectivity index (χ0) is 18.8. The lowest BCUT2D eigenvalue weighted by Gasteiger charge is -2.20. The molecule has 25 heavy (non-hydrogen) atoms. The van der Waals surface area contributed by atoms with Crippen LogP contribution in [0.25, 0.3) is 0 Å². The van der Waals surface area contributed by atoms with Crippen molar-refractivity contribution in [2.45, 2.75) is 31.2 Å². The summed E-state index contributed by atoms with van der Waals surface area (Å²) in [5.74, 6) is -2.17. The molecule has 2 rings (SSSR count). The monoisotopic (exact) mass is 368 g/mol. The van der Waals surface area contributed by atoms with Gasteiger partial charge in [-0.05, 0) is 57.2 Å². The lowest BCUT2D eigenvalue weighted by molar-refractivity contribution is 0.0919. The van der Waals surface area contributed by atoms with Gasteiger partial charge in [0.1, 0.15) is 11.6 Å². The molecule has 0 aliphatic rings. The molecule has 2 aromatic carbocycles. The van der Waals surface area contributed by atoms with Crippen LogP contribution in [0.15, 0.2) is 47.4 Å². The molecule has 1 amide bonds. The first kappa shape index (κ1) is 18.9. The minimum atomic E-state index is -4.07. The van der Waals surface area contributed by atoms with E-state index in [0.29, 0.717) is 11.6 Å².